The second-order valence-electron chi connectivity index (χ2n) is 4.56. The van der Waals surface area contributed by atoms with Crippen LogP contribution in [-0.4, -0.2) is 15.1 Å². The van der Waals surface area contributed by atoms with E-state index in [1.54, 1.807) is 24.4 Å². The topological polar surface area (TPSA) is 77.8 Å². The quantitative estimate of drug-likeness (QED) is 0.795. The molecule has 0 unspecified atom stereocenters. The minimum atomic E-state index is -0.280. The summed E-state index contributed by atoms with van der Waals surface area (Å²) in [6.45, 7) is 0.345. The molecule has 0 aliphatic heterocycles. The van der Waals surface area contributed by atoms with E-state index in [4.69, 9.17) is 10.3 Å². The van der Waals surface area contributed by atoms with Crippen molar-refractivity contribution < 1.29 is 8.91 Å². The standard InChI is InChI=1S/C15H13FN4O/c16-12-3-1-2-10(6-12)7-14-19-15(21-20-14)11-4-5-18-13(8-11)9-17/h1-6,8H,7,9,17H2. The van der Waals surface area contributed by atoms with Gasteiger partial charge >= 0.3 is 0 Å². The summed E-state index contributed by atoms with van der Waals surface area (Å²) < 4.78 is 18.4. The normalized spacial score (nSPS) is 10.8. The molecule has 0 bridgehead atoms. The largest absolute Gasteiger partial charge is 0.334 e. The molecule has 6 heteroatoms. The van der Waals surface area contributed by atoms with Gasteiger partial charge < -0.3 is 10.3 Å². The van der Waals surface area contributed by atoms with Crippen molar-refractivity contribution in [2.75, 3.05) is 0 Å². The molecule has 2 aromatic heterocycles. The molecule has 0 spiro atoms. The van der Waals surface area contributed by atoms with Crippen LogP contribution in [0.1, 0.15) is 17.1 Å². The maximum Gasteiger partial charge on any atom is 0.258 e. The smallest absolute Gasteiger partial charge is 0.258 e. The van der Waals surface area contributed by atoms with Crippen LogP contribution in [-0.2, 0) is 13.0 Å². The Kier molecular flexibility index (Phi) is 3.70. The number of rotatable bonds is 4. The SMILES string of the molecule is NCc1cc(-c2nc(Cc3cccc(F)c3)no2)ccn1. The summed E-state index contributed by atoms with van der Waals surface area (Å²) >= 11 is 0. The zero-order chi connectivity index (χ0) is 14.7. The highest BCUT2D eigenvalue weighted by atomic mass is 19.1. The van der Waals surface area contributed by atoms with E-state index >= 15 is 0 Å². The fraction of sp³-hybridized carbons (Fsp3) is 0.133. The van der Waals surface area contributed by atoms with Crippen molar-refractivity contribution >= 4 is 0 Å². The molecule has 0 saturated heterocycles. The van der Waals surface area contributed by atoms with Crippen LogP contribution < -0.4 is 5.73 Å². The molecule has 0 saturated carbocycles. The van der Waals surface area contributed by atoms with Gasteiger partial charge in [0, 0.05) is 24.7 Å². The molecular formula is C15H13FN4O. The number of pyridine rings is 1. The molecule has 3 rings (SSSR count). The molecule has 0 amide bonds. The first kappa shape index (κ1) is 13.4. The highest BCUT2D eigenvalue weighted by Gasteiger charge is 2.10. The highest BCUT2D eigenvalue weighted by Crippen LogP contribution is 2.18. The summed E-state index contributed by atoms with van der Waals surface area (Å²) in [6.07, 6.45) is 2.06. The van der Waals surface area contributed by atoms with E-state index in [-0.39, 0.29) is 5.82 Å². The molecule has 2 heterocycles. The van der Waals surface area contributed by atoms with Crippen molar-refractivity contribution in [1.82, 2.24) is 15.1 Å². The maximum absolute atomic E-state index is 13.1. The molecule has 0 atom stereocenters. The zero-order valence-corrected chi connectivity index (χ0v) is 11.2. The highest BCUT2D eigenvalue weighted by molar-refractivity contribution is 5.52. The van der Waals surface area contributed by atoms with Gasteiger partial charge in [-0.15, -0.1) is 0 Å². The van der Waals surface area contributed by atoms with Gasteiger partial charge in [-0.05, 0) is 29.8 Å². The second-order valence-corrected chi connectivity index (χ2v) is 4.56. The summed E-state index contributed by atoms with van der Waals surface area (Å²) in [7, 11) is 0. The first-order valence-corrected chi connectivity index (χ1v) is 6.47. The number of nitrogens with two attached hydrogens (primary N) is 1. The molecule has 0 radical (unpaired) electrons. The molecule has 2 N–H and O–H groups in total. The van der Waals surface area contributed by atoms with Gasteiger partial charge in [-0.2, -0.15) is 4.98 Å². The van der Waals surface area contributed by atoms with Gasteiger partial charge in [0.25, 0.3) is 5.89 Å². The Morgan fingerprint density at radius 1 is 1.19 bits per heavy atom. The van der Waals surface area contributed by atoms with Crippen LogP contribution in [0.15, 0.2) is 47.1 Å². The average molecular weight is 284 g/mol. The van der Waals surface area contributed by atoms with Crippen molar-refractivity contribution in [2.45, 2.75) is 13.0 Å². The first-order chi connectivity index (χ1) is 10.2. The van der Waals surface area contributed by atoms with Gasteiger partial charge in [-0.25, -0.2) is 4.39 Å². The predicted molar refractivity (Wildman–Crippen MR) is 74.6 cm³/mol. The van der Waals surface area contributed by atoms with Gasteiger partial charge in [0.15, 0.2) is 5.82 Å². The van der Waals surface area contributed by atoms with Gasteiger partial charge in [0.1, 0.15) is 5.82 Å². The van der Waals surface area contributed by atoms with E-state index in [2.05, 4.69) is 15.1 Å². The molecule has 106 valence electrons. The first-order valence-electron chi connectivity index (χ1n) is 6.47. The molecule has 0 aliphatic rings. The number of nitrogens with zero attached hydrogens (tertiary/aromatic N) is 3. The number of hydrogen-bond donors (Lipinski definition) is 1. The van der Waals surface area contributed by atoms with Crippen LogP contribution in [0.2, 0.25) is 0 Å². The Morgan fingerprint density at radius 2 is 2.10 bits per heavy atom. The van der Waals surface area contributed by atoms with Crippen molar-refractivity contribution in [3.8, 4) is 11.5 Å². The summed E-state index contributed by atoms with van der Waals surface area (Å²) in [5.74, 6) is 0.623. The molecule has 0 aliphatic carbocycles. The van der Waals surface area contributed by atoms with Gasteiger partial charge in [-0.3, -0.25) is 4.98 Å². The summed E-state index contributed by atoms with van der Waals surface area (Å²) in [5.41, 5.74) is 7.86. The number of halogens is 1. The van der Waals surface area contributed by atoms with Crippen LogP contribution in [0.3, 0.4) is 0 Å². The predicted octanol–water partition coefficient (Wildman–Crippen LogP) is 2.32. The van der Waals surface area contributed by atoms with Crippen molar-refractivity contribution in [3.05, 3.63) is 65.5 Å². The third-order valence-corrected chi connectivity index (χ3v) is 2.99. The van der Waals surface area contributed by atoms with Crippen LogP contribution in [0, 0.1) is 5.82 Å². The van der Waals surface area contributed by atoms with E-state index in [9.17, 15) is 4.39 Å². The Bertz CT molecular complexity index is 757. The van der Waals surface area contributed by atoms with Gasteiger partial charge in [0.2, 0.25) is 0 Å². The second kappa shape index (κ2) is 5.80. The van der Waals surface area contributed by atoms with Crippen LogP contribution in [0.4, 0.5) is 4.39 Å². The van der Waals surface area contributed by atoms with Crippen LogP contribution in [0.5, 0.6) is 0 Å². The lowest BCUT2D eigenvalue weighted by atomic mass is 10.1. The lowest BCUT2D eigenvalue weighted by Crippen LogP contribution is -1.99. The summed E-state index contributed by atoms with van der Waals surface area (Å²) in [4.78, 5) is 8.42. The van der Waals surface area contributed by atoms with E-state index in [1.807, 2.05) is 6.07 Å². The minimum absolute atomic E-state index is 0.280. The van der Waals surface area contributed by atoms with Crippen LogP contribution in [0.25, 0.3) is 11.5 Å². The molecular weight excluding hydrogens is 271 g/mol. The fourth-order valence-electron chi connectivity index (χ4n) is 2.00. The molecule has 1 aromatic carbocycles. The van der Waals surface area contributed by atoms with Crippen molar-refractivity contribution in [3.63, 3.8) is 0 Å². The molecule has 21 heavy (non-hydrogen) atoms. The molecule has 3 aromatic rings. The Balaban J connectivity index is 1.82. The third kappa shape index (κ3) is 3.11. The molecule has 0 fully saturated rings. The Hall–Kier alpha value is -2.60. The van der Waals surface area contributed by atoms with E-state index in [0.29, 0.717) is 24.7 Å². The minimum Gasteiger partial charge on any atom is -0.334 e. The van der Waals surface area contributed by atoms with Gasteiger partial charge in [-0.1, -0.05) is 17.3 Å². The zero-order valence-electron chi connectivity index (χ0n) is 11.2. The fourth-order valence-corrected chi connectivity index (χ4v) is 2.00. The van der Waals surface area contributed by atoms with E-state index < -0.39 is 0 Å². The lowest BCUT2D eigenvalue weighted by Gasteiger charge is -1.97. The Labute approximate surface area is 120 Å². The number of aromatic nitrogens is 3. The van der Waals surface area contributed by atoms with Crippen molar-refractivity contribution in [2.24, 2.45) is 5.73 Å². The molecule has 5 nitrogen and oxygen atoms in total. The van der Waals surface area contributed by atoms with Gasteiger partial charge in [0.05, 0.1) is 5.69 Å². The maximum atomic E-state index is 13.1. The third-order valence-electron chi connectivity index (χ3n) is 2.99. The monoisotopic (exact) mass is 284 g/mol. The van der Waals surface area contributed by atoms with Crippen molar-refractivity contribution in [1.29, 1.82) is 0 Å². The average Bonchev–Trinajstić information content (AvgIpc) is 2.96. The van der Waals surface area contributed by atoms with E-state index in [0.717, 1.165) is 16.8 Å². The Morgan fingerprint density at radius 3 is 2.90 bits per heavy atom. The van der Waals surface area contributed by atoms with E-state index in [1.165, 1.54) is 12.1 Å². The lowest BCUT2D eigenvalue weighted by molar-refractivity contribution is 0.424. The summed E-state index contributed by atoms with van der Waals surface area (Å²) in [5, 5.41) is 3.91. The van der Waals surface area contributed by atoms with Crippen LogP contribution >= 0.6 is 0 Å². The number of hydrogen-bond acceptors (Lipinski definition) is 5. The number of benzene rings is 1. The summed E-state index contributed by atoms with van der Waals surface area (Å²) in [6, 6.07) is 9.91.